The number of likely N-dealkylation sites (N-methyl/N-ethyl adjacent to an activating group) is 1. The van der Waals surface area contributed by atoms with E-state index in [1.807, 2.05) is 0 Å². The van der Waals surface area contributed by atoms with E-state index in [1.54, 1.807) is 43.3 Å². The van der Waals surface area contributed by atoms with Crippen molar-refractivity contribution in [2.24, 2.45) is 0 Å². The third kappa shape index (κ3) is 5.66. The van der Waals surface area contributed by atoms with Crippen molar-refractivity contribution in [2.75, 3.05) is 43.6 Å². The zero-order chi connectivity index (χ0) is 27.4. The SMILES string of the molecule is CCOC(=O)CN(C)C(=O)c1cccc(N2CCO[C@H]([C@@H](O)C(=O)Nc3ccc4c(c3)CNC4=N)C2=O)c1. The van der Waals surface area contributed by atoms with Crippen LogP contribution in [-0.2, 0) is 30.4 Å². The van der Waals surface area contributed by atoms with Gasteiger partial charge in [0.15, 0.2) is 12.2 Å². The Morgan fingerprint density at radius 2 is 2.08 bits per heavy atom. The number of amides is 3. The van der Waals surface area contributed by atoms with Gasteiger partial charge in [0.25, 0.3) is 17.7 Å². The number of hydrogen-bond donors (Lipinski definition) is 4. The molecule has 0 aromatic heterocycles. The molecule has 38 heavy (non-hydrogen) atoms. The molecule has 12 heteroatoms. The highest BCUT2D eigenvalue weighted by Gasteiger charge is 2.39. The van der Waals surface area contributed by atoms with Gasteiger partial charge < -0.3 is 35.0 Å². The molecule has 2 atom stereocenters. The Labute approximate surface area is 219 Å². The summed E-state index contributed by atoms with van der Waals surface area (Å²) >= 11 is 0. The molecule has 2 aromatic carbocycles. The van der Waals surface area contributed by atoms with E-state index in [-0.39, 0.29) is 31.9 Å². The molecular formula is C26H29N5O7. The van der Waals surface area contributed by atoms with Crippen LogP contribution in [0.2, 0.25) is 0 Å². The molecule has 0 unspecified atom stereocenters. The first-order valence-electron chi connectivity index (χ1n) is 12.1. The summed E-state index contributed by atoms with van der Waals surface area (Å²) in [5.74, 6) is -2.11. The van der Waals surface area contributed by atoms with Gasteiger partial charge in [-0.05, 0) is 48.9 Å². The Morgan fingerprint density at radius 3 is 2.84 bits per heavy atom. The van der Waals surface area contributed by atoms with Crippen LogP contribution >= 0.6 is 0 Å². The van der Waals surface area contributed by atoms with Gasteiger partial charge in [-0.1, -0.05) is 6.07 Å². The van der Waals surface area contributed by atoms with Crippen molar-refractivity contribution in [1.82, 2.24) is 10.2 Å². The van der Waals surface area contributed by atoms with Crippen LogP contribution in [0.4, 0.5) is 11.4 Å². The highest BCUT2D eigenvalue weighted by Crippen LogP contribution is 2.24. The summed E-state index contributed by atoms with van der Waals surface area (Å²) in [6.07, 6.45) is -3.23. The Morgan fingerprint density at radius 1 is 1.29 bits per heavy atom. The van der Waals surface area contributed by atoms with Crippen molar-refractivity contribution >= 4 is 40.9 Å². The molecule has 2 aromatic rings. The molecule has 2 aliphatic heterocycles. The van der Waals surface area contributed by atoms with Crippen LogP contribution in [-0.4, -0.2) is 85.1 Å². The minimum Gasteiger partial charge on any atom is -0.465 e. The normalized spacial score (nSPS) is 17.3. The number of nitrogens with zero attached hydrogens (tertiary/aromatic N) is 2. The van der Waals surface area contributed by atoms with Gasteiger partial charge in [-0.3, -0.25) is 24.6 Å². The fourth-order valence-electron chi connectivity index (χ4n) is 4.28. The van der Waals surface area contributed by atoms with E-state index in [0.29, 0.717) is 23.8 Å². The van der Waals surface area contributed by atoms with Gasteiger partial charge >= 0.3 is 5.97 Å². The van der Waals surface area contributed by atoms with Crippen LogP contribution in [0.5, 0.6) is 0 Å². The molecule has 3 amide bonds. The monoisotopic (exact) mass is 523 g/mol. The van der Waals surface area contributed by atoms with Gasteiger partial charge in [0.05, 0.1) is 13.2 Å². The number of ether oxygens (including phenoxy) is 2. The number of carbonyl (C=O) groups excluding carboxylic acids is 4. The second kappa shape index (κ2) is 11.4. The first-order chi connectivity index (χ1) is 18.2. The second-order valence-corrected chi connectivity index (χ2v) is 8.83. The molecular weight excluding hydrogens is 494 g/mol. The zero-order valence-electron chi connectivity index (χ0n) is 21.0. The summed E-state index contributed by atoms with van der Waals surface area (Å²) in [7, 11) is 1.47. The van der Waals surface area contributed by atoms with Gasteiger partial charge in [-0.2, -0.15) is 0 Å². The molecule has 4 N–H and O–H groups in total. The molecule has 2 aliphatic rings. The lowest BCUT2D eigenvalue weighted by molar-refractivity contribution is -0.150. The maximum atomic E-state index is 13.2. The van der Waals surface area contributed by atoms with Gasteiger partial charge in [-0.15, -0.1) is 0 Å². The maximum Gasteiger partial charge on any atom is 0.325 e. The molecule has 0 aliphatic carbocycles. The van der Waals surface area contributed by atoms with Crippen molar-refractivity contribution < 1.29 is 33.8 Å². The Balaban J connectivity index is 1.43. The first kappa shape index (κ1) is 26.8. The van der Waals surface area contributed by atoms with Crippen LogP contribution in [0.25, 0.3) is 0 Å². The third-order valence-corrected chi connectivity index (χ3v) is 6.20. The number of anilines is 2. The van der Waals surface area contributed by atoms with Gasteiger partial charge in [0, 0.05) is 42.6 Å². The van der Waals surface area contributed by atoms with Crippen LogP contribution < -0.4 is 15.5 Å². The lowest BCUT2D eigenvalue weighted by atomic mass is 10.1. The minimum atomic E-state index is -1.78. The Bertz CT molecular complexity index is 1280. The van der Waals surface area contributed by atoms with E-state index in [0.717, 1.165) is 11.1 Å². The smallest absolute Gasteiger partial charge is 0.325 e. The van der Waals surface area contributed by atoms with Gasteiger partial charge in [0.1, 0.15) is 12.4 Å². The number of rotatable bonds is 8. The molecule has 1 saturated heterocycles. The quantitative estimate of drug-likeness (QED) is 0.363. The number of esters is 1. The van der Waals surface area contributed by atoms with Crippen molar-refractivity contribution in [2.45, 2.75) is 25.7 Å². The Hall–Kier alpha value is -4.29. The number of benzene rings is 2. The highest BCUT2D eigenvalue weighted by molar-refractivity contribution is 6.05. The average molecular weight is 524 g/mol. The molecule has 0 saturated carbocycles. The van der Waals surface area contributed by atoms with Crippen molar-refractivity contribution in [3.05, 3.63) is 59.2 Å². The number of aliphatic hydroxyl groups is 1. The van der Waals surface area contributed by atoms with E-state index in [9.17, 15) is 24.3 Å². The van der Waals surface area contributed by atoms with Crippen molar-refractivity contribution in [3.8, 4) is 0 Å². The predicted molar refractivity (Wildman–Crippen MR) is 137 cm³/mol. The van der Waals surface area contributed by atoms with E-state index >= 15 is 0 Å². The van der Waals surface area contributed by atoms with Gasteiger partial charge in [-0.25, -0.2) is 0 Å². The molecule has 200 valence electrons. The maximum absolute atomic E-state index is 13.2. The summed E-state index contributed by atoms with van der Waals surface area (Å²) in [4.78, 5) is 53.1. The lowest BCUT2D eigenvalue weighted by Crippen LogP contribution is -2.55. The molecule has 4 rings (SSSR count). The van der Waals surface area contributed by atoms with Gasteiger partial charge in [0.2, 0.25) is 0 Å². The minimum absolute atomic E-state index is 0.0638. The summed E-state index contributed by atoms with van der Waals surface area (Å²) in [6, 6.07) is 11.3. The Kier molecular flexibility index (Phi) is 8.03. The standard InChI is InChI=1S/C26H29N5O7/c1-3-37-20(32)14-30(2)25(35)15-5-4-6-18(12-15)31-9-10-38-22(26(31)36)21(33)24(34)29-17-7-8-19-16(11-17)13-28-23(19)27/h4-8,11-12,21-22,33H,3,9-10,13-14H2,1-2H3,(H2,27,28)(H,29,34)/t21-,22-/m1/s1. The molecule has 0 radical (unpaired) electrons. The van der Waals surface area contributed by atoms with Crippen molar-refractivity contribution in [1.29, 1.82) is 5.41 Å². The fraction of sp³-hybridized carbons (Fsp3) is 0.346. The number of hydrogen-bond acceptors (Lipinski definition) is 8. The summed E-state index contributed by atoms with van der Waals surface area (Å²) in [5, 5.41) is 24.0. The molecule has 1 fully saturated rings. The number of amidine groups is 1. The summed E-state index contributed by atoms with van der Waals surface area (Å²) in [6.45, 7) is 2.34. The van der Waals surface area contributed by atoms with Crippen LogP contribution in [0.15, 0.2) is 42.5 Å². The zero-order valence-corrected chi connectivity index (χ0v) is 21.0. The average Bonchev–Trinajstić information content (AvgIpc) is 3.27. The molecule has 2 heterocycles. The number of nitrogens with one attached hydrogen (secondary N) is 3. The highest BCUT2D eigenvalue weighted by atomic mass is 16.5. The largest absolute Gasteiger partial charge is 0.465 e. The topological polar surface area (TPSA) is 161 Å². The lowest BCUT2D eigenvalue weighted by Gasteiger charge is -2.34. The van der Waals surface area contributed by atoms with Crippen LogP contribution in [0.3, 0.4) is 0 Å². The number of carbonyl (C=O) groups is 4. The summed E-state index contributed by atoms with van der Waals surface area (Å²) in [5.41, 5.74) is 2.63. The molecule has 0 spiro atoms. The number of fused-ring (bicyclic) bond motifs is 1. The predicted octanol–water partition coefficient (Wildman–Crippen LogP) is 0.482. The van der Waals surface area contributed by atoms with E-state index in [2.05, 4.69) is 10.6 Å². The van der Waals surface area contributed by atoms with Crippen LogP contribution in [0, 0.1) is 5.41 Å². The van der Waals surface area contributed by atoms with Crippen LogP contribution in [0.1, 0.15) is 28.4 Å². The third-order valence-electron chi connectivity index (χ3n) is 6.20. The summed E-state index contributed by atoms with van der Waals surface area (Å²) < 4.78 is 10.3. The molecule has 12 nitrogen and oxygen atoms in total. The second-order valence-electron chi connectivity index (χ2n) is 8.83. The van der Waals surface area contributed by atoms with E-state index in [1.165, 1.54) is 22.9 Å². The van der Waals surface area contributed by atoms with Crippen molar-refractivity contribution in [3.63, 3.8) is 0 Å². The number of morpholine rings is 1. The number of aliphatic hydroxyl groups excluding tert-OH is 1. The first-order valence-corrected chi connectivity index (χ1v) is 12.1. The van der Waals surface area contributed by atoms with E-state index in [4.69, 9.17) is 14.9 Å². The molecule has 0 bridgehead atoms. The van der Waals surface area contributed by atoms with E-state index < -0.39 is 35.9 Å². The fourth-order valence-corrected chi connectivity index (χ4v) is 4.28.